The van der Waals surface area contributed by atoms with Crippen molar-refractivity contribution < 1.29 is 4.39 Å². The number of thiocarbonyl (C=S) groups is 1. The van der Waals surface area contributed by atoms with Crippen LogP contribution < -0.4 is 10.6 Å². The number of anilines is 1. The Balaban J connectivity index is 1.47. The molecule has 4 bridgehead atoms. The highest BCUT2D eigenvalue weighted by Crippen LogP contribution is 2.61. The van der Waals surface area contributed by atoms with Crippen molar-refractivity contribution in [3.63, 3.8) is 0 Å². The van der Waals surface area contributed by atoms with Crippen LogP contribution in [0.2, 0.25) is 0 Å². The third-order valence-corrected chi connectivity index (χ3v) is 7.01. The minimum Gasteiger partial charge on any atom is -0.359 e. The first kappa shape index (κ1) is 17.3. The Morgan fingerprint density at radius 2 is 1.84 bits per heavy atom. The first-order valence-electron chi connectivity index (χ1n) is 9.89. The molecule has 25 heavy (non-hydrogen) atoms. The zero-order valence-corrected chi connectivity index (χ0v) is 15.9. The van der Waals surface area contributed by atoms with E-state index in [1.54, 1.807) is 6.07 Å². The van der Waals surface area contributed by atoms with Gasteiger partial charge in [-0.05, 0) is 98.5 Å². The maximum atomic E-state index is 13.4. The molecule has 5 rings (SSSR count). The molecule has 0 amide bonds. The summed E-state index contributed by atoms with van der Waals surface area (Å²) in [6, 6.07) is 6.96. The monoisotopic (exact) mass is 360 g/mol. The van der Waals surface area contributed by atoms with Gasteiger partial charge >= 0.3 is 0 Å². The standard InChI is InChI=1S/C21H29FN2S/c1-2-4-19(24-20(25)23-18-6-3-5-17(22)10-18)21-11-14-7-15(12-21)9-16(8-14)13-21/h3,5-6,10,14-16,19H,2,4,7-9,11-13H2,1H3,(H2,23,24,25). The number of hydrogen-bond donors (Lipinski definition) is 2. The highest BCUT2D eigenvalue weighted by Gasteiger charge is 2.54. The largest absolute Gasteiger partial charge is 0.359 e. The van der Waals surface area contributed by atoms with Crippen molar-refractivity contribution in [1.82, 2.24) is 5.32 Å². The zero-order valence-electron chi connectivity index (χ0n) is 15.1. The normalized spacial score (nSPS) is 33.9. The lowest BCUT2D eigenvalue weighted by Crippen LogP contribution is -2.57. The van der Waals surface area contributed by atoms with Crippen molar-refractivity contribution in [2.45, 2.75) is 64.3 Å². The van der Waals surface area contributed by atoms with Gasteiger partial charge in [0.2, 0.25) is 0 Å². The van der Waals surface area contributed by atoms with E-state index in [1.165, 1.54) is 57.1 Å². The van der Waals surface area contributed by atoms with E-state index in [2.05, 4.69) is 17.6 Å². The predicted molar refractivity (Wildman–Crippen MR) is 105 cm³/mol. The van der Waals surface area contributed by atoms with E-state index in [0.29, 0.717) is 16.6 Å². The van der Waals surface area contributed by atoms with Crippen LogP contribution in [-0.2, 0) is 0 Å². The maximum Gasteiger partial charge on any atom is 0.171 e. The van der Waals surface area contributed by atoms with Crippen molar-refractivity contribution in [3.05, 3.63) is 30.1 Å². The van der Waals surface area contributed by atoms with Gasteiger partial charge in [0.15, 0.2) is 5.11 Å². The average molecular weight is 361 g/mol. The molecule has 2 nitrogen and oxygen atoms in total. The minimum absolute atomic E-state index is 0.237. The Labute approximate surface area is 156 Å². The molecule has 4 saturated carbocycles. The van der Waals surface area contributed by atoms with Crippen LogP contribution in [-0.4, -0.2) is 11.2 Å². The van der Waals surface area contributed by atoms with Crippen molar-refractivity contribution in [2.75, 3.05) is 5.32 Å². The van der Waals surface area contributed by atoms with E-state index < -0.39 is 0 Å². The van der Waals surface area contributed by atoms with E-state index >= 15 is 0 Å². The van der Waals surface area contributed by atoms with E-state index in [-0.39, 0.29) is 5.82 Å². The number of halogens is 1. The Kier molecular flexibility index (Phi) is 4.74. The fourth-order valence-electron chi connectivity index (χ4n) is 6.32. The van der Waals surface area contributed by atoms with Crippen molar-refractivity contribution >= 4 is 23.0 Å². The summed E-state index contributed by atoms with van der Waals surface area (Å²) >= 11 is 5.58. The van der Waals surface area contributed by atoms with Gasteiger partial charge < -0.3 is 10.6 Å². The third-order valence-electron chi connectivity index (χ3n) is 6.79. The third kappa shape index (κ3) is 3.55. The molecule has 1 atom stereocenters. The van der Waals surface area contributed by atoms with Gasteiger partial charge in [0.1, 0.15) is 5.82 Å². The van der Waals surface area contributed by atoms with E-state index in [0.717, 1.165) is 29.9 Å². The second-order valence-corrected chi connectivity index (χ2v) is 9.14. The summed E-state index contributed by atoms with van der Waals surface area (Å²) < 4.78 is 13.4. The fraction of sp³-hybridized carbons (Fsp3) is 0.667. The molecule has 4 heteroatoms. The maximum absolute atomic E-state index is 13.4. The fourth-order valence-corrected chi connectivity index (χ4v) is 6.58. The van der Waals surface area contributed by atoms with Gasteiger partial charge in [-0.3, -0.25) is 0 Å². The van der Waals surface area contributed by atoms with Gasteiger partial charge in [0.05, 0.1) is 0 Å². The van der Waals surface area contributed by atoms with Gasteiger partial charge in [0, 0.05) is 11.7 Å². The Bertz CT molecular complexity index is 609. The summed E-state index contributed by atoms with van der Waals surface area (Å²) in [6.07, 6.45) is 10.8. The summed E-state index contributed by atoms with van der Waals surface area (Å²) in [5, 5.41) is 7.46. The molecule has 1 aromatic rings. The number of benzene rings is 1. The van der Waals surface area contributed by atoms with Crippen LogP contribution in [0.1, 0.15) is 58.3 Å². The van der Waals surface area contributed by atoms with E-state index in [9.17, 15) is 4.39 Å². The molecule has 4 aliphatic rings. The lowest BCUT2D eigenvalue weighted by atomic mass is 9.47. The molecule has 1 unspecified atom stereocenters. The second kappa shape index (κ2) is 6.86. The highest BCUT2D eigenvalue weighted by atomic mass is 32.1. The summed E-state index contributed by atoms with van der Waals surface area (Å²) in [4.78, 5) is 0. The molecule has 0 radical (unpaired) electrons. The molecule has 0 saturated heterocycles. The van der Waals surface area contributed by atoms with Crippen LogP contribution in [0.4, 0.5) is 10.1 Å². The molecule has 136 valence electrons. The van der Waals surface area contributed by atoms with Crippen molar-refractivity contribution in [1.29, 1.82) is 0 Å². The van der Waals surface area contributed by atoms with Gasteiger partial charge in [-0.2, -0.15) is 0 Å². The summed E-state index contributed by atoms with van der Waals surface area (Å²) in [5.74, 6) is 2.59. The van der Waals surface area contributed by atoms with Crippen LogP contribution in [0.3, 0.4) is 0 Å². The summed E-state index contributed by atoms with van der Waals surface area (Å²) in [5.41, 5.74) is 1.15. The Morgan fingerprint density at radius 3 is 2.40 bits per heavy atom. The average Bonchev–Trinajstić information content (AvgIpc) is 2.53. The van der Waals surface area contributed by atoms with Crippen LogP contribution in [0.5, 0.6) is 0 Å². The summed E-state index contributed by atoms with van der Waals surface area (Å²) in [7, 11) is 0. The second-order valence-electron chi connectivity index (χ2n) is 8.73. The Hall–Kier alpha value is -1.16. The van der Waals surface area contributed by atoms with Crippen LogP contribution in [0.15, 0.2) is 24.3 Å². The lowest BCUT2D eigenvalue weighted by Gasteiger charge is -2.59. The zero-order chi connectivity index (χ0) is 17.4. The van der Waals surface area contributed by atoms with Crippen LogP contribution in [0, 0.1) is 29.0 Å². The molecule has 0 spiro atoms. The minimum atomic E-state index is -0.237. The molecule has 1 aromatic carbocycles. The summed E-state index contributed by atoms with van der Waals surface area (Å²) in [6.45, 7) is 2.26. The molecule has 2 N–H and O–H groups in total. The quantitative estimate of drug-likeness (QED) is 0.678. The molecule has 0 aliphatic heterocycles. The number of nitrogens with one attached hydrogen (secondary N) is 2. The van der Waals surface area contributed by atoms with Crippen molar-refractivity contribution in [2.24, 2.45) is 23.2 Å². The van der Waals surface area contributed by atoms with E-state index in [4.69, 9.17) is 12.2 Å². The first-order chi connectivity index (χ1) is 12.1. The first-order valence-corrected chi connectivity index (χ1v) is 10.3. The Morgan fingerprint density at radius 1 is 1.20 bits per heavy atom. The molecule has 0 heterocycles. The SMILES string of the molecule is CCCC(NC(=S)Nc1cccc(F)c1)C12CC3CC(CC(C3)C1)C2. The number of rotatable bonds is 5. The topological polar surface area (TPSA) is 24.1 Å². The molecule has 4 aliphatic carbocycles. The van der Waals surface area contributed by atoms with Gasteiger partial charge in [-0.1, -0.05) is 19.4 Å². The van der Waals surface area contributed by atoms with E-state index in [1.807, 2.05) is 6.07 Å². The molecular weight excluding hydrogens is 331 g/mol. The van der Waals surface area contributed by atoms with Crippen molar-refractivity contribution in [3.8, 4) is 0 Å². The van der Waals surface area contributed by atoms with Gasteiger partial charge in [-0.25, -0.2) is 4.39 Å². The molecule has 4 fully saturated rings. The van der Waals surface area contributed by atoms with Crippen LogP contribution in [0.25, 0.3) is 0 Å². The highest BCUT2D eigenvalue weighted by molar-refractivity contribution is 7.80. The van der Waals surface area contributed by atoms with Gasteiger partial charge in [0.25, 0.3) is 0 Å². The lowest BCUT2D eigenvalue weighted by molar-refractivity contribution is -0.0718. The molecular formula is C21H29FN2S. The number of hydrogen-bond acceptors (Lipinski definition) is 1. The predicted octanol–water partition coefficient (Wildman–Crippen LogP) is 5.50. The van der Waals surface area contributed by atoms with Crippen LogP contribution >= 0.6 is 12.2 Å². The molecule has 0 aromatic heterocycles. The van der Waals surface area contributed by atoms with Gasteiger partial charge in [-0.15, -0.1) is 0 Å². The smallest absolute Gasteiger partial charge is 0.171 e.